The number of alkyl halides is 2. The van der Waals surface area contributed by atoms with Crippen molar-refractivity contribution in [3.05, 3.63) is 66.0 Å². The SMILES string of the molecule is CC(c1nc2ccccc2n1C(F)F)N1CCC(C(=O)c2ccccc2)CC1. The number of fused-ring (bicyclic) bond motifs is 1. The Morgan fingerprint density at radius 3 is 2.36 bits per heavy atom. The van der Waals surface area contributed by atoms with Crippen LogP contribution in [0.25, 0.3) is 11.0 Å². The van der Waals surface area contributed by atoms with Crippen LogP contribution in [0, 0.1) is 5.92 Å². The minimum atomic E-state index is -2.64. The fraction of sp³-hybridized carbons (Fsp3) is 0.364. The van der Waals surface area contributed by atoms with Crippen LogP contribution < -0.4 is 0 Å². The van der Waals surface area contributed by atoms with Gasteiger partial charge in [-0.05, 0) is 45.0 Å². The van der Waals surface area contributed by atoms with Crippen LogP contribution in [0.15, 0.2) is 54.6 Å². The highest BCUT2D eigenvalue weighted by Crippen LogP contribution is 2.32. The molecule has 1 aliphatic rings. The number of rotatable bonds is 5. The number of ketones is 1. The lowest BCUT2D eigenvalue weighted by atomic mass is 9.88. The molecule has 1 aliphatic heterocycles. The molecule has 1 fully saturated rings. The van der Waals surface area contributed by atoms with Gasteiger partial charge in [-0.15, -0.1) is 0 Å². The van der Waals surface area contributed by atoms with E-state index in [9.17, 15) is 13.6 Å². The molecule has 28 heavy (non-hydrogen) atoms. The van der Waals surface area contributed by atoms with Gasteiger partial charge in [0.1, 0.15) is 5.82 Å². The van der Waals surface area contributed by atoms with E-state index >= 15 is 0 Å². The Hall–Kier alpha value is -2.60. The summed E-state index contributed by atoms with van der Waals surface area (Å²) in [5.41, 5.74) is 1.78. The second-order valence-corrected chi connectivity index (χ2v) is 7.32. The summed E-state index contributed by atoms with van der Waals surface area (Å²) in [6, 6.07) is 16.1. The van der Waals surface area contributed by atoms with Crippen molar-refractivity contribution in [1.29, 1.82) is 0 Å². The Labute approximate surface area is 162 Å². The van der Waals surface area contributed by atoms with Gasteiger partial charge in [0.05, 0.1) is 17.1 Å². The molecule has 3 aromatic rings. The van der Waals surface area contributed by atoms with Crippen LogP contribution >= 0.6 is 0 Å². The van der Waals surface area contributed by atoms with E-state index in [1.54, 1.807) is 24.3 Å². The first-order chi connectivity index (χ1) is 13.6. The Morgan fingerprint density at radius 1 is 1.04 bits per heavy atom. The predicted molar refractivity (Wildman–Crippen MR) is 104 cm³/mol. The van der Waals surface area contributed by atoms with Gasteiger partial charge >= 0.3 is 6.55 Å². The van der Waals surface area contributed by atoms with Crippen molar-refractivity contribution in [2.45, 2.75) is 32.4 Å². The largest absolute Gasteiger partial charge is 0.320 e. The highest BCUT2D eigenvalue weighted by molar-refractivity contribution is 5.97. The Balaban J connectivity index is 1.50. The smallest absolute Gasteiger partial charge is 0.294 e. The molecule has 0 aliphatic carbocycles. The van der Waals surface area contributed by atoms with Crippen molar-refractivity contribution < 1.29 is 13.6 Å². The number of piperidine rings is 1. The number of likely N-dealkylation sites (tertiary alicyclic amines) is 1. The number of imidazole rings is 1. The first-order valence-electron chi connectivity index (χ1n) is 9.64. The Morgan fingerprint density at radius 2 is 1.68 bits per heavy atom. The van der Waals surface area contributed by atoms with E-state index in [0.29, 0.717) is 29.9 Å². The number of hydrogen-bond donors (Lipinski definition) is 0. The lowest BCUT2D eigenvalue weighted by Crippen LogP contribution is -2.38. The molecule has 0 amide bonds. The average molecular weight is 383 g/mol. The van der Waals surface area contributed by atoms with E-state index in [1.165, 1.54) is 0 Å². The van der Waals surface area contributed by atoms with Crippen LogP contribution in [0.4, 0.5) is 8.78 Å². The van der Waals surface area contributed by atoms with Gasteiger partial charge in [-0.25, -0.2) is 4.98 Å². The van der Waals surface area contributed by atoms with Crippen LogP contribution in [0.2, 0.25) is 0 Å². The monoisotopic (exact) mass is 383 g/mol. The van der Waals surface area contributed by atoms with Crippen molar-refractivity contribution >= 4 is 16.8 Å². The normalized spacial score (nSPS) is 17.3. The number of aromatic nitrogens is 2. The van der Waals surface area contributed by atoms with Crippen LogP contribution in [-0.4, -0.2) is 33.3 Å². The summed E-state index contributed by atoms with van der Waals surface area (Å²) in [5, 5.41) is 0. The average Bonchev–Trinajstić information content (AvgIpc) is 3.13. The summed E-state index contributed by atoms with van der Waals surface area (Å²) >= 11 is 0. The third kappa shape index (κ3) is 3.44. The Kier molecular flexibility index (Phi) is 5.22. The van der Waals surface area contributed by atoms with Gasteiger partial charge in [-0.1, -0.05) is 42.5 Å². The zero-order valence-electron chi connectivity index (χ0n) is 15.8. The third-order valence-electron chi connectivity index (χ3n) is 5.70. The van der Waals surface area contributed by atoms with Gasteiger partial charge in [0.25, 0.3) is 0 Å². The highest BCUT2D eigenvalue weighted by Gasteiger charge is 2.31. The second kappa shape index (κ2) is 7.80. The fourth-order valence-electron chi connectivity index (χ4n) is 4.11. The van der Waals surface area contributed by atoms with Gasteiger partial charge in [0, 0.05) is 11.5 Å². The number of benzene rings is 2. The van der Waals surface area contributed by atoms with Gasteiger partial charge in [-0.2, -0.15) is 8.78 Å². The van der Waals surface area contributed by atoms with Crippen molar-refractivity contribution in [3.63, 3.8) is 0 Å². The molecule has 0 spiro atoms. The molecule has 1 atom stereocenters. The van der Waals surface area contributed by atoms with Crippen LogP contribution in [0.3, 0.4) is 0 Å². The molecule has 2 heterocycles. The first-order valence-corrected chi connectivity index (χ1v) is 9.64. The molecule has 0 saturated carbocycles. The molecule has 4 nitrogen and oxygen atoms in total. The summed E-state index contributed by atoms with van der Waals surface area (Å²) in [4.78, 5) is 19.3. The lowest BCUT2D eigenvalue weighted by Gasteiger charge is -2.35. The number of hydrogen-bond acceptors (Lipinski definition) is 3. The van der Waals surface area contributed by atoms with Crippen molar-refractivity contribution in [3.8, 4) is 0 Å². The topological polar surface area (TPSA) is 38.1 Å². The predicted octanol–water partition coefficient (Wildman–Crippen LogP) is 5.09. The summed E-state index contributed by atoms with van der Waals surface area (Å²) in [6.07, 6.45) is 1.46. The van der Waals surface area contributed by atoms with E-state index < -0.39 is 6.55 Å². The molecular weight excluding hydrogens is 360 g/mol. The molecule has 2 aromatic carbocycles. The maximum absolute atomic E-state index is 13.7. The molecule has 0 N–H and O–H groups in total. The number of para-hydroxylation sites is 2. The molecule has 1 unspecified atom stereocenters. The van der Waals surface area contributed by atoms with Gasteiger partial charge in [0.2, 0.25) is 0 Å². The van der Waals surface area contributed by atoms with E-state index in [-0.39, 0.29) is 17.7 Å². The Bertz CT molecular complexity index is 962. The number of carbonyl (C=O) groups is 1. The fourth-order valence-corrected chi connectivity index (χ4v) is 4.11. The number of carbonyl (C=O) groups excluding carboxylic acids is 1. The molecule has 0 radical (unpaired) electrons. The summed E-state index contributed by atoms with van der Waals surface area (Å²) < 4.78 is 28.5. The molecule has 1 aromatic heterocycles. The zero-order valence-corrected chi connectivity index (χ0v) is 15.8. The van der Waals surface area contributed by atoms with E-state index in [4.69, 9.17) is 0 Å². The van der Waals surface area contributed by atoms with Crippen molar-refractivity contribution in [2.75, 3.05) is 13.1 Å². The number of nitrogens with zero attached hydrogens (tertiary/aromatic N) is 3. The van der Waals surface area contributed by atoms with Gasteiger partial charge < -0.3 is 0 Å². The van der Waals surface area contributed by atoms with Crippen LogP contribution in [0.5, 0.6) is 0 Å². The molecule has 0 bridgehead atoms. The maximum atomic E-state index is 13.7. The maximum Gasteiger partial charge on any atom is 0.320 e. The van der Waals surface area contributed by atoms with Crippen LogP contribution in [-0.2, 0) is 0 Å². The summed E-state index contributed by atoms with van der Waals surface area (Å²) in [5.74, 6) is 0.538. The van der Waals surface area contributed by atoms with Gasteiger partial charge in [0.15, 0.2) is 5.78 Å². The van der Waals surface area contributed by atoms with Crippen molar-refractivity contribution in [2.24, 2.45) is 5.92 Å². The standard InChI is InChI=1S/C22H23F2N3O/c1-15(21-25-18-9-5-6-10-19(18)27(21)22(23)24)26-13-11-17(12-14-26)20(28)16-7-3-2-4-8-16/h2-10,15,17,22H,11-14H2,1H3. The lowest BCUT2D eigenvalue weighted by molar-refractivity contribution is 0.0595. The number of Topliss-reactive ketones (excluding diaryl/α,β-unsaturated/α-hetero) is 1. The zero-order chi connectivity index (χ0) is 19.7. The second-order valence-electron chi connectivity index (χ2n) is 7.32. The number of halogens is 2. The molecule has 6 heteroatoms. The minimum Gasteiger partial charge on any atom is -0.294 e. The third-order valence-corrected chi connectivity index (χ3v) is 5.70. The van der Waals surface area contributed by atoms with E-state index in [2.05, 4.69) is 9.88 Å². The molecule has 146 valence electrons. The van der Waals surface area contributed by atoms with E-state index in [1.807, 2.05) is 37.3 Å². The van der Waals surface area contributed by atoms with Crippen LogP contribution in [0.1, 0.15) is 48.5 Å². The summed E-state index contributed by atoms with van der Waals surface area (Å²) in [6.45, 7) is 0.662. The first kappa shape index (κ1) is 18.7. The highest BCUT2D eigenvalue weighted by atomic mass is 19.3. The molecular formula is C22H23F2N3O. The summed E-state index contributed by atoms with van der Waals surface area (Å²) in [7, 11) is 0. The molecule has 1 saturated heterocycles. The minimum absolute atomic E-state index is 0.0141. The van der Waals surface area contributed by atoms with Gasteiger partial charge in [-0.3, -0.25) is 14.3 Å². The van der Waals surface area contributed by atoms with Crippen molar-refractivity contribution in [1.82, 2.24) is 14.5 Å². The van der Waals surface area contributed by atoms with E-state index in [0.717, 1.165) is 23.0 Å². The quantitative estimate of drug-likeness (QED) is 0.576. The molecule has 4 rings (SSSR count).